The van der Waals surface area contributed by atoms with Gasteiger partial charge in [-0.25, -0.2) is 0 Å². The van der Waals surface area contributed by atoms with E-state index >= 15 is 0 Å². The molecule has 0 saturated carbocycles. The predicted molar refractivity (Wildman–Crippen MR) is 70.9 cm³/mol. The van der Waals surface area contributed by atoms with Crippen molar-refractivity contribution >= 4 is 23.5 Å². The van der Waals surface area contributed by atoms with Gasteiger partial charge in [0, 0.05) is 10.7 Å². The SMILES string of the molecule is CC1NC(=O)C(C(C)(C)SCC(=O)C(C)C)N1. The molecule has 1 heterocycles. The van der Waals surface area contributed by atoms with Crippen LogP contribution in [0.25, 0.3) is 0 Å². The van der Waals surface area contributed by atoms with Crippen molar-refractivity contribution in [3.63, 3.8) is 0 Å². The van der Waals surface area contributed by atoms with Crippen molar-refractivity contribution in [3.05, 3.63) is 0 Å². The number of ketones is 1. The van der Waals surface area contributed by atoms with Crippen molar-refractivity contribution < 1.29 is 9.59 Å². The molecule has 1 aliphatic heterocycles. The van der Waals surface area contributed by atoms with Crippen LogP contribution in [0.15, 0.2) is 0 Å². The van der Waals surface area contributed by atoms with Crippen LogP contribution in [-0.4, -0.2) is 34.4 Å². The minimum absolute atomic E-state index is 0.00757. The summed E-state index contributed by atoms with van der Waals surface area (Å²) >= 11 is 1.55. The molecular weight excluding hydrogens is 236 g/mol. The van der Waals surface area contributed by atoms with Gasteiger partial charge in [0.2, 0.25) is 5.91 Å². The van der Waals surface area contributed by atoms with Crippen molar-refractivity contribution in [2.24, 2.45) is 5.92 Å². The van der Waals surface area contributed by atoms with Crippen LogP contribution >= 0.6 is 11.8 Å². The molecule has 2 unspecified atom stereocenters. The second-order valence-electron chi connectivity index (χ2n) is 5.34. The zero-order valence-electron chi connectivity index (χ0n) is 11.2. The summed E-state index contributed by atoms with van der Waals surface area (Å²) in [6.45, 7) is 9.72. The normalized spacial score (nSPS) is 25.2. The average molecular weight is 258 g/mol. The number of rotatable bonds is 5. The first kappa shape index (κ1) is 14.5. The van der Waals surface area contributed by atoms with E-state index in [1.165, 1.54) is 0 Å². The van der Waals surface area contributed by atoms with Gasteiger partial charge in [0.25, 0.3) is 0 Å². The lowest BCUT2D eigenvalue weighted by atomic mass is 10.0. The number of hydrogen-bond acceptors (Lipinski definition) is 4. The summed E-state index contributed by atoms with van der Waals surface area (Å²) in [5.41, 5.74) is 0. The van der Waals surface area contributed by atoms with Gasteiger partial charge in [-0.2, -0.15) is 0 Å². The van der Waals surface area contributed by atoms with E-state index in [-0.39, 0.29) is 34.6 Å². The largest absolute Gasteiger partial charge is 0.340 e. The molecule has 1 saturated heterocycles. The topological polar surface area (TPSA) is 58.2 Å². The Morgan fingerprint density at radius 3 is 2.47 bits per heavy atom. The second-order valence-corrected chi connectivity index (χ2v) is 6.97. The molecule has 1 fully saturated rings. The van der Waals surface area contributed by atoms with Crippen LogP contribution in [0.5, 0.6) is 0 Å². The molecule has 4 nitrogen and oxygen atoms in total. The molecule has 1 amide bonds. The summed E-state index contributed by atoms with van der Waals surface area (Å²) < 4.78 is -0.278. The maximum absolute atomic E-state index is 11.7. The lowest BCUT2D eigenvalue weighted by molar-refractivity contribution is -0.121. The Balaban J connectivity index is 2.56. The molecule has 1 aliphatic rings. The molecule has 2 N–H and O–H groups in total. The fourth-order valence-corrected chi connectivity index (χ4v) is 2.88. The number of nitrogens with one attached hydrogen (secondary N) is 2. The number of hydrogen-bond donors (Lipinski definition) is 2. The minimum atomic E-state index is -0.278. The Bertz CT molecular complexity index is 316. The van der Waals surface area contributed by atoms with Gasteiger partial charge in [-0.3, -0.25) is 14.9 Å². The Labute approximate surface area is 107 Å². The van der Waals surface area contributed by atoms with Gasteiger partial charge in [0.15, 0.2) is 0 Å². The van der Waals surface area contributed by atoms with E-state index in [0.717, 1.165) is 0 Å². The molecule has 0 radical (unpaired) electrons. The van der Waals surface area contributed by atoms with Gasteiger partial charge < -0.3 is 5.32 Å². The lowest BCUT2D eigenvalue weighted by Gasteiger charge is -2.29. The van der Waals surface area contributed by atoms with Gasteiger partial charge in [0.05, 0.1) is 11.9 Å². The number of carbonyl (C=O) groups excluding carboxylic acids is 2. The quantitative estimate of drug-likeness (QED) is 0.777. The Kier molecular flexibility index (Phi) is 4.61. The molecule has 0 bridgehead atoms. The van der Waals surface area contributed by atoms with Crippen LogP contribution in [-0.2, 0) is 9.59 Å². The minimum Gasteiger partial charge on any atom is -0.340 e. The van der Waals surface area contributed by atoms with Crippen molar-refractivity contribution in [2.75, 3.05) is 5.75 Å². The van der Waals surface area contributed by atoms with E-state index in [1.54, 1.807) is 11.8 Å². The third-order valence-corrected chi connectivity index (χ3v) is 4.37. The molecule has 17 heavy (non-hydrogen) atoms. The highest BCUT2D eigenvalue weighted by atomic mass is 32.2. The smallest absolute Gasteiger partial charge is 0.239 e. The van der Waals surface area contributed by atoms with Crippen LogP contribution < -0.4 is 10.6 Å². The molecular formula is C12H22N2O2S. The maximum atomic E-state index is 11.7. The molecule has 0 spiro atoms. The van der Waals surface area contributed by atoms with Crippen LogP contribution in [0.2, 0.25) is 0 Å². The van der Waals surface area contributed by atoms with Crippen LogP contribution in [0.1, 0.15) is 34.6 Å². The molecule has 98 valence electrons. The summed E-state index contributed by atoms with van der Waals surface area (Å²) in [6, 6.07) is -0.234. The van der Waals surface area contributed by atoms with Crippen molar-refractivity contribution in [1.82, 2.24) is 10.6 Å². The van der Waals surface area contributed by atoms with Crippen LogP contribution in [0, 0.1) is 5.92 Å². The number of thioether (sulfide) groups is 1. The number of carbonyl (C=O) groups is 2. The highest BCUT2D eigenvalue weighted by molar-refractivity contribution is 8.01. The van der Waals surface area contributed by atoms with Gasteiger partial charge in [-0.05, 0) is 20.8 Å². The van der Waals surface area contributed by atoms with E-state index in [0.29, 0.717) is 5.75 Å². The van der Waals surface area contributed by atoms with Crippen molar-refractivity contribution in [2.45, 2.75) is 51.6 Å². The molecule has 0 aromatic heterocycles. The van der Waals surface area contributed by atoms with Crippen molar-refractivity contribution in [3.8, 4) is 0 Å². The van der Waals surface area contributed by atoms with Gasteiger partial charge in [-0.1, -0.05) is 13.8 Å². The highest BCUT2D eigenvalue weighted by Gasteiger charge is 2.41. The maximum Gasteiger partial charge on any atom is 0.239 e. The molecule has 0 aromatic carbocycles. The standard InChI is InChI=1S/C12H22N2O2S/c1-7(2)9(15)6-17-12(4,5)10-11(16)14-8(3)13-10/h7-8,10,13H,6H2,1-5H3,(H,14,16). The number of amides is 1. The predicted octanol–water partition coefficient (Wildman–Crippen LogP) is 1.16. The summed E-state index contributed by atoms with van der Waals surface area (Å²) in [4.78, 5) is 23.3. The Morgan fingerprint density at radius 2 is 2.06 bits per heavy atom. The summed E-state index contributed by atoms with van der Waals surface area (Å²) in [5.74, 6) is 0.772. The molecule has 5 heteroatoms. The van der Waals surface area contributed by atoms with Gasteiger partial charge in [-0.15, -0.1) is 11.8 Å². The van der Waals surface area contributed by atoms with Gasteiger partial charge in [0.1, 0.15) is 11.8 Å². The van der Waals surface area contributed by atoms with E-state index in [1.807, 2.05) is 34.6 Å². The lowest BCUT2D eigenvalue weighted by Crippen LogP contribution is -2.46. The van der Waals surface area contributed by atoms with Crippen LogP contribution in [0.4, 0.5) is 0 Å². The summed E-state index contributed by atoms with van der Waals surface area (Å²) in [7, 11) is 0. The Morgan fingerprint density at radius 1 is 1.47 bits per heavy atom. The molecule has 1 rings (SSSR count). The molecule has 0 aliphatic carbocycles. The van der Waals surface area contributed by atoms with E-state index in [2.05, 4.69) is 10.6 Å². The fraction of sp³-hybridized carbons (Fsp3) is 0.833. The van der Waals surface area contributed by atoms with E-state index in [9.17, 15) is 9.59 Å². The van der Waals surface area contributed by atoms with E-state index < -0.39 is 0 Å². The second kappa shape index (κ2) is 5.40. The monoisotopic (exact) mass is 258 g/mol. The van der Waals surface area contributed by atoms with Crippen molar-refractivity contribution in [1.29, 1.82) is 0 Å². The summed E-state index contributed by atoms with van der Waals surface area (Å²) in [6.07, 6.45) is 0.00757. The zero-order chi connectivity index (χ0) is 13.2. The fourth-order valence-electron chi connectivity index (χ4n) is 1.69. The average Bonchev–Trinajstić information content (AvgIpc) is 2.55. The Hall–Kier alpha value is -0.550. The highest BCUT2D eigenvalue weighted by Crippen LogP contribution is 2.30. The first-order chi connectivity index (χ1) is 7.74. The third-order valence-electron chi connectivity index (χ3n) is 2.96. The summed E-state index contributed by atoms with van der Waals surface area (Å²) in [5, 5.41) is 6.04. The van der Waals surface area contributed by atoms with Crippen LogP contribution in [0.3, 0.4) is 0 Å². The first-order valence-corrected chi connectivity index (χ1v) is 6.95. The number of Topliss-reactive ketones (excluding diaryl/α,β-unsaturated/α-hetero) is 1. The van der Waals surface area contributed by atoms with Gasteiger partial charge >= 0.3 is 0 Å². The molecule has 0 aromatic rings. The first-order valence-electron chi connectivity index (χ1n) is 5.97. The zero-order valence-corrected chi connectivity index (χ0v) is 12.0. The molecule has 2 atom stereocenters. The van der Waals surface area contributed by atoms with E-state index in [4.69, 9.17) is 0 Å². The third kappa shape index (κ3) is 3.71.